The Hall–Kier alpha value is -2.12. The van der Waals surface area contributed by atoms with E-state index in [4.69, 9.17) is 0 Å². The SMILES string of the molecule is C[C@@H](SCc1ccccc1)C(=O)[C@@H](C#N)c1ccccn1. The molecule has 0 aliphatic heterocycles. The van der Waals surface area contributed by atoms with E-state index < -0.39 is 5.92 Å². The second kappa shape index (κ2) is 7.61. The largest absolute Gasteiger partial charge is 0.297 e. The first-order valence-electron chi connectivity index (χ1n) is 6.72. The molecule has 0 fully saturated rings. The Balaban J connectivity index is 2.00. The van der Waals surface area contributed by atoms with Crippen molar-refractivity contribution in [2.45, 2.75) is 23.8 Å². The Morgan fingerprint density at radius 3 is 2.57 bits per heavy atom. The highest BCUT2D eigenvalue weighted by Gasteiger charge is 2.26. The molecule has 21 heavy (non-hydrogen) atoms. The molecule has 106 valence electrons. The van der Waals surface area contributed by atoms with Gasteiger partial charge >= 0.3 is 0 Å². The number of benzene rings is 1. The number of carbonyl (C=O) groups is 1. The lowest BCUT2D eigenvalue weighted by Gasteiger charge is -2.14. The van der Waals surface area contributed by atoms with Gasteiger partial charge in [-0.3, -0.25) is 9.78 Å². The highest BCUT2D eigenvalue weighted by atomic mass is 32.2. The van der Waals surface area contributed by atoms with Gasteiger partial charge in [-0.1, -0.05) is 36.4 Å². The molecule has 0 aliphatic rings. The van der Waals surface area contributed by atoms with Crippen molar-refractivity contribution in [1.82, 2.24) is 4.98 Å². The van der Waals surface area contributed by atoms with Crippen molar-refractivity contribution in [3.63, 3.8) is 0 Å². The molecule has 1 aromatic carbocycles. The summed E-state index contributed by atoms with van der Waals surface area (Å²) >= 11 is 1.55. The van der Waals surface area contributed by atoms with Crippen molar-refractivity contribution in [3.8, 4) is 6.07 Å². The fraction of sp³-hybridized carbons (Fsp3) is 0.235. The van der Waals surface area contributed by atoms with Crippen LogP contribution >= 0.6 is 11.8 Å². The first-order valence-corrected chi connectivity index (χ1v) is 7.77. The van der Waals surface area contributed by atoms with Crippen LogP contribution in [-0.4, -0.2) is 16.0 Å². The van der Waals surface area contributed by atoms with E-state index in [1.54, 1.807) is 36.2 Å². The van der Waals surface area contributed by atoms with Crippen molar-refractivity contribution >= 4 is 17.5 Å². The molecule has 0 radical (unpaired) electrons. The zero-order valence-corrected chi connectivity index (χ0v) is 12.6. The zero-order chi connectivity index (χ0) is 15.1. The van der Waals surface area contributed by atoms with Gasteiger partial charge in [0.2, 0.25) is 0 Å². The van der Waals surface area contributed by atoms with E-state index >= 15 is 0 Å². The van der Waals surface area contributed by atoms with Crippen LogP contribution in [0.5, 0.6) is 0 Å². The third-order valence-electron chi connectivity index (χ3n) is 3.14. The Morgan fingerprint density at radius 2 is 1.95 bits per heavy atom. The third-order valence-corrected chi connectivity index (χ3v) is 4.37. The standard InChI is InChI=1S/C17H16N2OS/c1-13(21-12-14-7-3-2-4-8-14)17(20)15(11-18)16-9-5-6-10-19-16/h2-10,13,15H,12H2,1H3/t13-,15+/m1/s1. The first-order chi connectivity index (χ1) is 10.2. The molecule has 2 aromatic rings. The molecule has 0 saturated heterocycles. The fourth-order valence-electron chi connectivity index (χ4n) is 1.93. The molecule has 0 N–H and O–H groups in total. The van der Waals surface area contributed by atoms with Crippen molar-refractivity contribution in [2.75, 3.05) is 0 Å². The Bertz CT molecular complexity index is 622. The minimum atomic E-state index is -0.788. The van der Waals surface area contributed by atoms with Gasteiger partial charge in [0.25, 0.3) is 0 Å². The predicted molar refractivity (Wildman–Crippen MR) is 84.8 cm³/mol. The molecule has 1 heterocycles. The van der Waals surface area contributed by atoms with Crippen LogP contribution < -0.4 is 0 Å². The average molecular weight is 296 g/mol. The minimum Gasteiger partial charge on any atom is -0.297 e. The number of rotatable bonds is 6. The maximum atomic E-state index is 12.4. The fourth-order valence-corrected chi connectivity index (χ4v) is 2.87. The molecule has 0 amide bonds. The quantitative estimate of drug-likeness (QED) is 0.817. The van der Waals surface area contributed by atoms with Gasteiger partial charge in [0, 0.05) is 11.9 Å². The molecule has 0 saturated carbocycles. The smallest absolute Gasteiger partial charge is 0.168 e. The number of hydrogen-bond donors (Lipinski definition) is 0. The number of aromatic nitrogens is 1. The molecule has 2 atom stereocenters. The van der Waals surface area contributed by atoms with E-state index in [1.165, 1.54) is 5.56 Å². The van der Waals surface area contributed by atoms with Crippen LogP contribution in [0.4, 0.5) is 0 Å². The van der Waals surface area contributed by atoms with Crippen LogP contribution in [0.1, 0.15) is 24.1 Å². The van der Waals surface area contributed by atoms with E-state index in [0.717, 1.165) is 5.75 Å². The van der Waals surface area contributed by atoms with Crippen LogP contribution in [0.2, 0.25) is 0 Å². The summed E-state index contributed by atoms with van der Waals surface area (Å²) in [6, 6.07) is 17.4. The Labute approximate surface area is 129 Å². The zero-order valence-electron chi connectivity index (χ0n) is 11.8. The van der Waals surface area contributed by atoms with Crippen LogP contribution in [0.3, 0.4) is 0 Å². The second-order valence-corrected chi connectivity index (χ2v) is 5.99. The van der Waals surface area contributed by atoms with Gasteiger partial charge in [-0.05, 0) is 24.6 Å². The predicted octanol–water partition coefficient (Wildman–Crippen LogP) is 3.58. The van der Waals surface area contributed by atoms with Gasteiger partial charge in [0.15, 0.2) is 5.78 Å². The lowest BCUT2D eigenvalue weighted by Crippen LogP contribution is -2.22. The summed E-state index contributed by atoms with van der Waals surface area (Å²) in [5.41, 5.74) is 1.70. The Kier molecular flexibility index (Phi) is 5.53. The highest BCUT2D eigenvalue weighted by Crippen LogP contribution is 2.24. The maximum absolute atomic E-state index is 12.4. The summed E-state index contributed by atoms with van der Waals surface area (Å²) < 4.78 is 0. The monoisotopic (exact) mass is 296 g/mol. The number of nitrogens with zero attached hydrogens (tertiary/aromatic N) is 2. The van der Waals surface area contributed by atoms with Gasteiger partial charge in [-0.25, -0.2) is 0 Å². The van der Waals surface area contributed by atoms with E-state index in [1.807, 2.05) is 37.3 Å². The molecule has 0 unspecified atom stereocenters. The number of pyridine rings is 1. The van der Waals surface area contributed by atoms with Gasteiger partial charge in [0.1, 0.15) is 5.92 Å². The number of thioether (sulfide) groups is 1. The van der Waals surface area contributed by atoms with Crippen molar-refractivity contribution in [3.05, 3.63) is 66.0 Å². The van der Waals surface area contributed by atoms with Crippen LogP contribution in [0.15, 0.2) is 54.7 Å². The van der Waals surface area contributed by atoms with E-state index in [2.05, 4.69) is 11.1 Å². The normalized spacial score (nSPS) is 13.1. The summed E-state index contributed by atoms with van der Waals surface area (Å²) in [4.78, 5) is 16.5. The molecular weight excluding hydrogens is 280 g/mol. The van der Waals surface area contributed by atoms with Crippen LogP contribution in [0.25, 0.3) is 0 Å². The minimum absolute atomic E-state index is 0.0860. The molecule has 0 spiro atoms. The van der Waals surface area contributed by atoms with Crippen molar-refractivity contribution < 1.29 is 4.79 Å². The highest BCUT2D eigenvalue weighted by molar-refractivity contribution is 7.99. The maximum Gasteiger partial charge on any atom is 0.168 e. The summed E-state index contributed by atoms with van der Waals surface area (Å²) in [5.74, 6) is -0.115. The summed E-state index contributed by atoms with van der Waals surface area (Å²) in [6.45, 7) is 1.85. The summed E-state index contributed by atoms with van der Waals surface area (Å²) in [6.07, 6.45) is 1.61. The molecular formula is C17H16N2OS. The Morgan fingerprint density at radius 1 is 1.24 bits per heavy atom. The van der Waals surface area contributed by atoms with Crippen LogP contribution in [-0.2, 0) is 10.5 Å². The number of carbonyl (C=O) groups excluding carboxylic acids is 1. The first kappa shape index (κ1) is 15.3. The topological polar surface area (TPSA) is 53.8 Å². The third kappa shape index (κ3) is 4.17. The summed E-state index contributed by atoms with van der Waals surface area (Å²) in [7, 11) is 0. The number of Topliss-reactive ketones (excluding diaryl/α,β-unsaturated/α-hetero) is 1. The molecule has 1 aromatic heterocycles. The van der Waals surface area contributed by atoms with Gasteiger partial charge in [-0.15, -0.1) is 11.8 Å². The second-order valence-electron chi connectivity index (χ2n) is 4.66. The van der Waals surface area contributed by atoms with Gasteiger partial charge in [0.05, 0.1) is 17.0 Å². The molecule has 3 nitrogen and oxygen atoms in total. The summed E-state index contributed by atoms with van der Waals surface area (Å²) in [5, 5.41) is 9.02. The van der Waals surface area contributed by atoms with Crippen molar-refractivity contribution in [2.24, 2.45) is 0 Å². The number of ketones is 1. The molecule has 0 bridgehead atoms. The van der Waals surface area contributed by atoms with E-state index in [0.29, 0.717) is 5.69 Å². The lowest BCUT2D eigenvalue weighted by atomic mass is 9.99. The number of nitriles is 1. The van der Waals surface area contributed by atoms with Crippen LogP contribution in [0, 0.1) is 11.3 Å². The van der Waals surface area contributed by atoms with E-state index in [-0.39, 0.29) is 11.0 Å². The molecule has 2 rings (SSSR count). The average Bonchev–Trinajstić information content (AvgIpc) is 2.55. The van der Waals surface area contributed by atoms with Gasteiger partial charge in [-0.2, -0.15) is 5.26 Å². The number of hydrogen-bond acceptors (Lipinski definition) is 4. The molecule has 0 aliphatic carbocycles. The van der Waals surface area contributed by atoms with Crippen molar-refractivity contribution in [1.29, 1.82) is 5.26 Å². The lowest BCUT2D eigenvalue weighted by molar-refractivity contribution is -0.118. The van der Waals surface area contributed by atoms with Gasteiger partial charge < -0.3 is 0 Å². The van der Waals surface area contributed by atoms with E-state index in [9.17, 15) is 10.1 Å². The molecule has 4 heteroatoms.